The van der Waals surface area contributed by atoms with Crippen LogP contribution in [0.4, 0.5) is 0 Å². The van der Waals surface area contributed by atoms with Crippen LogP contribution in [0.1, 0.15) is 82.3 Å². The van der Waals surface area contributed by atoms with Crippen LogP contribution in [0.3, 0.4) is 0 Å². The fourth-order valence-electron chi connectivity index (χ4n) is 4.42. The predicted molar refractivity (Wildman–Crippen MR) is 92.5 cm³/mol. The van der Waals surface area contributed by atoms with Crippen molar-refractivity contribution < 1.29 is 4.79 Å². The molecule has 128 valence electrons. The van der Waals surface area contributed by atoms with Gasteiger partial charge < -0.3 is 9.47 Å². The quantitative estimate of drug-likeness (QED) is 0.821. The molecule has 2 heterocycles. The number of imidazole rings is 1. The molecule has 4 nitrogen and oxygen atoms in total. The van der Waals surface area contributed by atoms with Gasteiger partial charge in [-0.25, -0.2) is 4.98 Å². The highest BCUT2D eigenvalue weighted by molar-refractivity contribution is 5.76. The first-order chi connectivity index (χ1) is 11.1. The maximum Gasteiger partial charge on any atom is 0.222 e. The molecule has 1 aromatic heterocycles. The van der Waals surface area contributed by atoms with E-state index in [1.807, 2.05) is 6.20 Å². The van der Waals surface area contributed by atoms with Crippen molar-refractivity contribution in [2.75, 3.05) is 13.1 Å². The third kappa shape index (κ3) is 3.61. The van der Waals surface area contributed by atoms with E-state index >= 15 is 0 Å². The zero-order valence-electron chi connectivity index (χ0n) is 14.9. The van der Waals surface area contributed by atoms with Gasteiger partial charge in [0.15, 0.2) is 0 Å². The highest BCUT2D eigenvalue weighted by atomic mass is 16.2. The molecule has 1 saturated carbocycles. The van der Waals surface area contributed by atoms with E-state index in [1.54, 1.807) is 0 Å². The van der Waals surface area contributed by atoms with E-state index in [1.165, 1.54) is 37.2 Å². The van der Waals surface area contributed by atoms with Gasteiger partial charge in [0, 0.05) is 43.4 Å². The Kier molecular flexibility index (Phi) is 5.08. The molecule has 1 unspecified atom stereocenters. The molecule has 2 aliphatic rings. The molecular formula is C19H31N3O. The van der Waals surface area contributed by atoms with Crippen LogP contribution < -0.4 is 0 Å². The maximum atomic E-state index is 12.5. The van der Waals surface area contributed by atoms with E-state index in [2.05, 4.69) is 35.2 Å². The molecule has 4 heteroatoms. The van der Waals surface area contributed by atoms with Crippen LogP contribution in [0.2, 0.25) is 0 Å². The van der Waals surface area contributed by atoms with Crippen LogP contribution in [0, 0.1) is 12.8 Å². The van der Waals surface area contributed by atoms with Crippen molar-refractivity contribution in [3.8, 4) is 0 Å². The maximum absolute atomic E-state index is 12.5. The van der Waals surface area contributed by atoms with Crippen molar-refractivity contribution in [3.05, 3.63) is 17.7 Å². The van der Waals surface area contributed by atoms with Crippen molar-refractivity contribution in [1.82, 2.24) is 14.5 Å². The fraction of sp³-hybridized carbons (Fsp3) is 0.789. The van der Waals surface area contributed by atoms with E-state index in [0.29, 0.717) is 17.9 Å². The first kappa shape index (κ1) is 16.5. The predicted octanol–water partition coefficient (Wildman–Crippen LogP) is 4.06. The number of amides is 1. The molecule has 0 spiro atoms. The molecule has 23 heavy (non-hydrogen) atoms. The number of aryl methyl sites for hydroxylation is 1. The lowest BCUT2D eigenvalue weighted by Crippen LogP contribution is -2.29. The van der Waals surface area contributed by atoms with Gasteiger partial charge in [-0.15, -0.1) is 0 Å². The van der Waals surface area contributed by atoms with E-state index in [-0.39, 0.29) is 0 Å². The van der Waals surface area contributed by atoms with Crippen molar-refractivity contribution in [2.24, 2.45) is 5.92 Å². The van der Waals surface area contributed by atoms with Gasteiger partial charge in [0.25, 0.3) is 0 Å². The summed E-state index contributed by atoms with van der Waals surface area (Å²) >= 11 is 0. The Morgan fingerprint density at radius 1 is 1.30 bits per heavy atom. The topological polar surface area (TPSA) is 38.1 Å². The molecule has 1 aliphatic carbocycles. The molecule has 0 aromatic carbocycles. The van der Waals surface area contributed by atoms with Gasteiger partial charge in [-0.05, 0) is 39.5 Å². The van der Waals surface area contributed by atoms with Crippen molar-refractivity contribution in [1.29, 1.82) is 0 Å². The highest BCUT2D eigenvalue weighted by Crippen LogP contribution is 2.31. The number of nitrogens with zero attached hydrogens (tertiary/aromatic N) is 3. The smallest absolute Gasteiger partial charge is 0.222 e. The number of hydrogen-bond donors (Lipinski definition) is 0. The zero-order valence-corrected chi connectivity index (χ0v) is 14.9. The number of aromatic nitrogens is 2. The van der Waals surface area contributed by atoms with Crippen LogP contribution >= 0.6 is 0 Å². The first-order valence-electron chi connectivity index (χ1n) is 9.37. The van der Waals surface area contributed by atoms with Gasteiger partial charge in [-0.1, -0.05) is 25.7 Å². The summed E-state index contributed by atoms with van der Waals surface area (Å²) in [5.74, 6) is 2.74. The SMILES string of the molecule is Cc1cnc(C2CCN(C(=O)CCC3CCCC3)C2)n1C(C)C. The Bertz CT molecular complexity index is 543. The minimum atomic E-state index is 0.360. The number of likely N-dealkylation sites (tertiary alicyclic amines) is 1. The largest absolute Gasteiger partial charge is 0.342 e. The third-order valence-corrected chi connectivity index (χ3v) is 5.67. The van der Waals surface area contributed by atoms with E-state index in [4.69, 9.17) is 0 Å². The van der Waals surface area contributed by atoms with Gasteiger partial charge in [-0.2, -0.15) is 0 Å². The second kappa shape index (κ2) is 7.06. The first-order valence-corrected chi connectivity index (χ1v) is 9.37. The summed E-state index contributed by atoms with van der Waals surface area (Å²) in [6.07, 6.45) is 10.3. The summed E-state index contributed by atoms with van der Waals surface area (Å²) in [4.78, 5) is 19.2. The lowest BCUT2D eigenvalue weighted by Gasteiger charge is -2.20. The molecule has 3 rings (SSSR count). The van der Waals surface area contributed by atoms with Crippen LogP contribution in [-0.4, -0.2) is 33.4 Å². The van der Waals surface area contributed by atoms with Gasteiger partial charge in [0.2, 0.25) is 5.91 Å². The Labute approximate surface area is 140 Å². The minimum Gasteiger partial charge on any atom is -0.342 e. The van der Waals surface area contributed by atoms with Crippen LogP contribution in [0.15, 0.2) is 6.20 Å². The Balaban J connectivity index is 1.56. The van der Waals surface area contributed by atoms with Gasteiger partial charge in [-0.3, -0.25) is 4.79 Å². The van der Waals surface area contributed by atoms with E-state index in [9.17, 15) is 4.79 Å². The number of rotatable bonds is 5. The molecule has 1 aliphatic heterocycles. The highest BCUT2D eigenvalue weighted by Gasteiger charge is 2.31. The standard InChI is InChI=1S/C19H31N3O/c1-14(2)22-15(3)12-20-19(22)17-10-11-21(13-17)18(23)9-8-16-6-4-5-7-16/h12,14,16-17H,4-11,13H2,1-3H3. The molecule has 1 aromatic rings. The Morgan fingerprint density at radius 3 is 2.74 bits per heavy atom. The Hall–Kier alpha value is -1.32. The second-order valence-corrected chi connectivity index (χ2v) is 7.74. The fourth-order valence-corrected chi connectivity index (χ4v) is 4.42. The van der Waals surface area contributed by atoms with Gasteiger partial charge in [0.05, 0.1) is 0 Å². The molecule has 0 radical (unpaired) electrons. The van der Waals surface area contributed by atoms with Crippen LogP contribution in [0.25, 0.3) is 0 Å². The van der Waals surface area contributed by atoms with E-state index in [0.717, 1.165) is 38.3 Å². The summed E-state index contributed by atoms with van der Waals surface area (Å²) in [5, 5.41) is 0. The summed E-state index contributed by atoms with van der Waals surface area (Å²) < 4.78 is 2.33. The van der Waals surface area contributed by atoms with Crippen molar-refractivity contribution in [2.45, 2.75) is 77.7 Å². The van der Waals surface area contributed by atoms with Gasteiger partial charge >= 0.3 is 0 Å². The summed E-state index contributed by atoms with van der Waals surface area (Å²) in [6.45, 7) is 8.29. The molecule has 2 fully saturated rings. The molecule has 1 saturated heterocycles. The molecule has 1 amide bonds. The molecule has 1 atom stereocenters. The number of carbonyl (C=O) groups excluding carboxylic acids is 1. The lowest BCUT2D eigenvalue weighted by atomic mass is 10.0. The molecular weight excluding hydrogens is 286 g/mol. The van der Waals surface area contributed by atoms with Crippen LogP contribution in [0.5, 0.6) is 0 Å². The lowest BCUT2D eigenvalue weighted by molar-refractivity contribution is -0.130. The third-order valence-electron chi connectivity index (χ3n) is 5.67. The summed E-state index contributed by atoms with van der Waals surface area (Å²) in [5.41, 5.74) is 1.22. The van der Waals surface area contributed by atoms with Gasteiger partial charge in [0.1, 0.15) is 5.82 Å². The second-order valence-electron chi connectivity index (χ2n) is 7.74. The number of hydrogen-bond acceptors (Lipinski definition) is 2. The molecule has 0 N–H and O–H groups in total. The van der Waals surface area contributed by atoms with Crippen LogP contribution in [-0.2, 0) is 4.79 Å². The monoisotopic (exact) mass is 317 g/mol. The van der Waals surface area contributed by atoms with E-state index < -0.39 is 0 Å². The Morgan fingerprint density at radius 2 is 2.04 bits per heavy atom. The van der Waals surface area contributed by atoms with Crippen molar-refractivity contribution >= 4 is 5.91 Å². The summed E-state index contributed by atoms with van der Waals surface area (Å²) in [7, 11) is 0. The summed E-state index contributed by atoms with van der Waals surface area (Å²) in [6, 6.07) is 0.430. The zero-order chi connectivity index (χ0) is 16.4. The normalized spacial score (nSPS) is 22.4. The average Bonchev–Trinajstić information content (AvgIpc) is 3.24. The minimum absolute atomic E-state index is 0.360. The average molecular weight is 317 g/mol. The number of carbonyl (C=O) groups is 1. The molecule has 0 bridgehead atoms. The van der Waals surface area contributed by atoms with Crippen molar-refractivity contribution in [3.63, 3.8) is 0 Å².